The van der Waals surface area contributed by atoms with Crippen LogP contribution in [0.25, 0.3) is 0 Å². The van der Waals surface area contributed by atoms with Crippen molar-refractivity contribution in [2.45, 2.75) is 103 Å². The molecule has 0 saturated carbocycles. The van der Waals surface area contributed by atoms with E-state index < -0.39 is 0 Å². The third kappa shape index (κ3) is 8.50. The second-order valence-corrected chi connectivity index (χ2v) is 8.25. The minimum absolute atomic E-state index is 0.835. The minimum Gasteiger partial charge on any atom is -0.298 e. The minimum atomic E-state index is 0.835. The molecule has 21 heavy (non-hydrogen) atoms. The smallest absolute Gasteiger partial charge is 0.0209 e. The monoisotopic (exact) mass is 313 g/mol. The molecule has 0 radical (unpaired) electrons. The summed E-state index contributed by atoms with van der Waals surface area (Å²) in [6.07, 6.45) is 15.8. The molecule has 0 amide bonds. The lowest BCUT2D eigenvalue weighted by Crippen LogP contribution is -2.46. The Labute approximate surface area is 138 Å². The fourth-order valence-electron chi connectivity index (χ4n) is 3.60. The lowest BCUT2D eigenvalue weighted by atomic mass is 10.1. The van der Waals surface area contributed by atoms with Crippen molar-refractivity contribution in [3.63, 3.8) is 0 Å². The molecular formula is C19H39NS. The zero-order chi connectivity index (χ0) is 15.3. The molecule has 2 unspecified atom stereocenters. The van der Waals surface area contributed by atoms with Crippen LogP contribution in [0.3, 0.4) is 0 Å². The van der Waals surface area contributed by atoms with Gasteiger partial charge in [-0.1, -0.05) is 78.6 Å². The highest BCUT2D eigenvalue weighted by Crippen LogP contribution is 2.26. The summed E-state index contributed by atoms with van der Waals surface area (Å²) >= 11 is 2.17. The number of hydrogen-bond acceptors (Lipinski definition) is 2. The van der Waals surface area contributed by atoms with Crippen LogP contribution in [0, 0.1) is 0 Å². The predicted octanol–water partition coefficient (Wildman–Crippen LogP) is 6.12. The van der Waals surface area contributed by atoms with Crippen LogP contribution in [0.1, 0.15) is 91.4 Å². The molecule has 1 rings (SSSR count). The Morgan fingerprint density at radius 3 is 2.00 bits per heavy atom. The van der Waals surface area contributed by atoms with Gasteiger partial charge in [-0.3, -0.25) is 4.90 Å². The van der Waals surface area contributed by atoms with Crippen LogP contribution in [0.5, 0.6) is 0 Å². The highest BCUT2D eigenvalue weighted by Gasteiger charge is 2.26. The topological polar surface area (TPSA) is 3.24 Å². The Hall–Kier alpha value is 0.310. The molecule has 0 bridgehead atoms. The van der Waals surface area contributed by atoms with E-state index in [1.54, 1.807) is 0 Å². The third-order valence-electron chi connectivity index (χ3n) is 4.99. The highest BCUT2D eigenvalue weighted by molar-refractivity contribution is 8.00. The summed E-state index contributed by atoms with van der Waals surface area (Å²) in [5.41, 5.74) is 0. The summed E-state index contributed by atoms with van der Waals surface area (Å²) < 4.78 is 0. The molecule has 1 heterocycles. The second-order valence-electron chi connectivity index (χ2n) is 6.77. The van der Waals surface area contributed by atoms with Crippen LogP contribution in [0.15, 0.2) is 0 Å². The Morgan fingerprint density at radius 1 is 0.857 bits per heavy atom. The number of nitrogens with zero attached hydrogens (tertiary/aromatic N) is 1. The van der Waals surface area contributed by atoms with E-state index in [9.17, 15) is 0 Å². The zero-order valence-corrected chi connectivity index (χ0v) is 15.7. The normalized spacial score (nSPS) is 23.6. The van der Waals surface area contributed by atoms with Gasteiger partial charge in [0.25, 0.3) is 0 Å². The van der Waals surface area contributed by atoms with Crippen LogP contribution in [0.2, 0.25) is 0 Å². The summed E-state index contributed by atoms with van der Waals surface area (Å²) in [4.78, 5) is 2.77. The van der Waals surface area contributed by atoms with Crippen molar-refractivity contribution in [1.29, 1.82) is 0 Å². The van der Waals surface area contributed by atoms with E-state index in [2.05, 4.69) is 37.4 Å². The molecule has 0 aromatic carbocycles. The van der Waals surface area contributed by atoms with E-state index in [-0.39, 0.29) is 0 Å². The van der Waals surface area contributed by atoms with Crippen LogP contribution in [0.4, 0.5) is 0 Å². The molecule has 2 atom stereocenters. The van der Waals surface area contributed by atoms with Gasteiger partial charge in [0.05, 0.1) is 0 Å². The van der Waals surface area contributed by atoms with Crippen LogP contribution in [-0.2, 0) is 0 Å². The Kier molecular flexibility index (Phi) is 11.8. The number of hydrogen-bond donors (Lipinski definition) is 0. The first-order valence-electron chi connectivity index (χ1n) is 9.65. The molecule has 1 nitrogen and oxygen atoms in total. The second kappa shape index (κ2) is 12.8. The summed E-state index contributed by atoms with van der Waals surface area (Å²) in [6.45, 7) is 9.75. The van der Waals surface area contributed by atoms with Crippen molar-refractivity contribution < 1.29 is 0 Å². The van der Waals surface area contributed by atoms with Gasteiger partial charge < -0.3 is 0 Å². The van der Waals surface area contributed by atoms with Crippen LogP contribution in [-0.4, -0.2) is 35.0 Å². The highest BCUT2D eigenvalue weighted by atomic mass is 32.2. The van der Waals surface area contributed by atoms with Gasteiger partial charge in [0.15, 0.2) is 0 Å². The number of rotatable bonds is 12. The average molecular weight is 314 g/mol. The van der Waals surface area contributed by atoms with Crippen molar-refractivity contribution in [3.8, 4) is 0 Å². The maximum atomic E-state index is 2.77. The van der Waals surface area contributed by atoms with Gasteiger partial charge in [-0.2, -0.15) is 11.8 Å². The summed E-state index contributed by atoms with van der Waals surface area (Å²) in [7, 11) is 0. The molecule has 0 N–H and O–H groups in total. The SMILES string of the molecule is CCCCCCCCCCCCN1CCSC(C)C1CC. The molecular weight excluding hydrogens is 274 g/mol. The molecule has 1 fully saturated rings. The van der Waals surface area contributed by atoms with Gasteiger partial charge in [0, 0.05) is 23.6 Å². The van der Waals surface area contributed by atoms with E-state index in [4.69, 9.17) is 0 Å². The van der Waals surface area contributed by atoms with E-state index >= 15 is 0 Å². The van der Waals surface area contributed by atoms with Crippen molar-refractivity contribution in [2.75, 3.05) is 18.8 Å². The van der Waals surface area contributed by atoms with E-state index in [1.807, 2.05) is 0 Å². The van der Waals surface area contributed by atoms with Gasteiger partial charge in [0.2, 0.25) is 0 Å². The van der Waals surface area contributed by atoms with Gasteiger partial charge >= 0.3 is 0 Å². The van der Waals surface area contributed by atoms with E-state index in [1.165, 1.54) is 89.5 Å². The quantitative estimate of drug-likeness (QED) is 0.399. The van der Waals surface area contributed by atoms with Crippen molar-refractivity contribution >= 4 is 11.8 Å². The molecule has 0 aromatic heterocycles. The molecule has 1 aliphatic heterocycles. The maximum Gasteiger partial charge on any atom is 0.0209 e. The van der Waals surface area contributed by atoms with Crippen molar-refractivity contribution in [2.24, 2.45) is 0 Å². The molecule has 2 heteroatoms. The third-order valence-corrected chi connectivity index (χ3v) is 6.25. The average Bonchev–Trinajstić information content (AvgIpc) is 2.49. The molecule has 1 saturated heterocycles. The van der Waals surface area contributed by atoms with Crippen molar-refractivity contribution in [3.05, 3.63) is 0 Å². The van der Waals surface area contributed by atoms with Gasteiger partial charge in [-0.25, -0.2) is 0 Å². The van der Waals surface area contributed by atoms with Crippen LogP contribution < -0.4 is 0 Å². The summed E-state index contributed by atoms with van der Waals surface area (Å²) in [6, 6.07) is 0.835. The number of thioether (sulfide) groups is 1. The van der Waals surface area contributed by atoms with Gasteiger partial charge in [0.1, 0.15) is 0 Å². The molecule has 126 valence electrons. The molecule has 0 aliphatic carbocycles. The fraction of sp³-hybridized carbons (Fsp3) is 1.00. The Balaban J connectivity index is 1.93. The largest absolute Gasteiger partial charge is 0.298 e. The summed E-state index contributed by atoms with van der Waals surface area (Å²) in [5, 5.41) is 0.840. The zero-order valence-electron chi connectivity index (χ0n) is 14.9. The Morgan fingerprint density at radius 2 is 1.43 bits per heavy atom. The lowest BCUT2D eigenvalue weighted by molar-refractivity contribution is 0.190. The Bertz CT molecular complexity index is 232. The molecule has 0 spiro atoms. The van der Waals surface area contributed by atoms with E-state index in [0.29, 0.717) is 0 Å². The first-order valence-corrected chi connectivity index (χ1v) is 10.7. The number of unbranched alkanes of at least 4 members (excludes halogenated alkanes) is 9. The molecule has 0 aromatic rings. The fourth-order valence-corrected chi connectivity index (χ4v) is 4.90. The van der Waals surface area contributed by atoms with Gasteiger partial charge in [-0.15, -0.1) is 0 Å². The first-order chi connectivity index (χ1) is 10.3. The lowest BCUT2D eigenvalue weighted by Gasteiger charge is -2.39. The first kappa shape index (κ1) is 19.4. The predicted molar refractivity (Wildman–Crippen MR) is 99.4 cm³/mol. The van der Waals surface area contributed by atoms with E-state index in [0.717, 1.165) is 11.3 Å². The van der Waals surface area contributed by atoms with Crippen molar-refractivity contribution in [1.82, 2.24) is 4.90 Å². The van der Waals surface area contributed by atoms with Crippen LogP contribution >= 0.6 is 11.8 Å². The van der Waals surface area contributed by atoms with Gasteiger partial charge in [-0.05, 0) is 19.4 Å². The maximum absolute atomic E-state index is 2.77. The summed E-state index contributed by atoms with van der Waals surface area (Å²) in [5.74, 6) is 1.34. The standard InChI is InChI=1S/C19H39NS/c1-4-6-7-8-9-10-11-12-13-14-15-20-16-17-21-18(3)19(20)5-2/h18-19H,4-17H2,1-3H3. The molecule has 1 aliphatic rings.